The molecule has 0 amide bonds. The van der Waals surface area contributed by atoms with E-state index >= 15 is 0 Å². The second kappa shape index (κ2) is 7.81. The van der Waals surface area contributed by atoms with Gasteiger partial charge in [0.15, 0.2) is 0 Å². The van der Waals surface area contributed by atoms with E-state index in [0.29, 0.717) is 5.88 Å². The largest absolute Gasteiger partial charge is 0.474 e. The highest BCUT2D eigenvalue weighted by Gasteiger charge is 2.38. The molecule has 3 rings (SSSR count). The highest BCUT2D eigenvalue weighted by atomic mass is 19.4. The number of hydrogen-bond acceptors (Lipinski definition) is 5. The SMILES string of the molecule is O=[N+]([O-])c1ccc(NC2CCC(Oc3ccccn3)CC2)cc1C(F)(F)F. The highest BCUT2D eigenvalue weighted by molar-refractivity contribution is 5.55. The summed E-state index contributed by atoms with van der Waals surface area (Å²) < 4.78 is 45.0. The Hall–Kier alpha value is -2.84. The van der Waals surface area contributed by atoms with Crippen LogP contribution in [0, 0.1) is 10.1 Å². The zero-order chi connectivity index (χ0) is 19.4. The molecular weight excluding hydrogens is 363 g/mol. The normalized spacial score (nSPS) is 20.1. The van der Waals surface area contributed by atoms with E-state index in [2.05, 4.69) is 10.3 Å². The van der Waals surface area contributed by atoms with Gasteiger partial charge in [-0.25, -0.2) is 4.98 Å². The summed E-state index contributed by atoms with van der Waals surface area (Å²) in [7, 11) is 0. The number of nitro benzene ring substituents is 1. The van der Waals surface area contributed by atoms with Crippen LogP contribution in [0.1, 0.15) is 31.2 Å². The van der Waals surface area contributed by atoms with Crippen molar-refractivity contribution in [3.8, 4) is 5.88 Å². The molecule has 0 saturated heterocycles. The van der Waals surface area contributed by atoms with Crippen LogP contribution >= 0.6 is 0 Å². The van der Waals surface area contributed by atoms with Gasteiger partial charge in [-0.15, -0.1) is 0 Å². The molecule has 1 aromatic carbocycles. The first-order valence-electron chi connectivity index (χ1n) is 8.53. The molecule has 6 nitrogen and oxygen atoms in total. The number of hydrogen-bond donors (Lipinski definition) is 1. The molecule has 0 bridgehead atoms. The summed E-state index contributed by atoms with van der Waals surface area (Å²) in [5.41, 5.74) is -1.97. The molecule has 1 saturated carbocycles. The van der Waals surface area contributed by atoms with Gasteiger partial charge in [0, 0.05) is 30.1 Å². The molecule has 0 radical (unpaired) electrons. The summed E-state index contributed by atoms with van der Waals surface area (Å²) in [5, 5.41) is 13.9. The lowest BCUT2D eigenvalue weighted by Crippen LogP contribution is -2.31. The first kappa shape index (κ1) is 18.9. The molecule has 0 aliphatic heterocycles. The van der Waals surface area contributed by atoms with Crippen molar-refractivity contribution in [3.63, 3.8) is 0 Å². The summed E-state index contributed by atoms with van der Waals surface area (Å²) in [6.45, 7) is 0. The predicted octanol–water partition coefficient (Wildman–Crippen LogP) is 4.81. The third kappa shape index (κ3) is 4.87. The van der Waals surface area contributed by atoms with Crippen molar-refractivity contribution in [2.24, 2.45) is 0 Å². The van der Waals surface area contributed by atoms with Crippen molar-refractivity contribution in [1.82, 2.24) is 4.98 Å². The van der Waals surface area contributed by atoms with Gasteiger partial charge in [0.25, 0.3) is 5.69 Å². The van der Waals surface area contributed by atoms with Gasteiger partial charge in [-0.1, -0.05) is 6.07 Å². The molecule has 1 aliphatic rings. The maximum absolute atomic E-state index is 13.1. The fraction of sp³-hybridized carbons (Fsp3) is 0.389. The summed E-state index contributed by atoms with van der Waals surface area (Å²) >= 11 is 0. The van der Waals surface area contributed by atoms with E-state index in [1.807, 2.05) is 6.07 Å². The maximum Gasteiger partial charge on any atom is 0.423 e. The fourth-order valence-electron chi connectivity index (χ4n) is 3.16. The van der Waals surface area contributed by atoms with Gasteiger partial charge in [-0.3, -0.25) is 10.1 Å². The molecule has 144 valence electrons. The first-order chi connectivity index (χ1) is 12.8. The zero-order valence-electron chi connectivity index (χ0n) is 14.3. The predicted molar refractivity (Wildman–Crippen MR) is 92.6 cm³/mol. The molecular formula is C18H18F3N3O3. The average Bonchev–Trinajstić information content (AvgIpc) is 2.63. The van der Waals surface area contributed by atoms with Gasteiger partial charge in [0.2, 0.25) is 5.88 Å². The topological polar surface area (TPSA) is 77.3 Å². The van der Waals surface area contributed by atoms with Crippen LogP contribution in [0.5, 0.6) is 5.88 Å². The monoisotopic (exact) mass is 381 g/mol. The molecule has 27 heavy (non-hydrogen) atoms. The lowest BCUT2D eigenvalue weighted by molar-refractivity contribution is -0.388. The number of nitrogens with zero attached hydrogens (tertiary/aromatic N) is 2. The minimum absolute atomic E-state index is 0.0144. The molecule has 1 aliphatic carbocycles. The van der Waals surface area contributed by atoms with Crippen molar-refractivity contribution in [2.45, 2.75) is 44.0 Å². The Morgan fingerprint density at radius 3 is 2.48 bits per heavy atom. The second-order valence-electron chi connectivity index (χ2n) is 6.39. The van der Waals surface area contributed by atoms with E-state index in [0.717, 1.165) is 37.8 Å². The molecule has 0 atom stereocenters. The summed E-state index contributed by atoms with van der Waals surface area (Å²) in [6.07, 6.45) is -0.198. The number of ether oxygens (including phenoxy) is 1. The minimum atomic E-state index is -4.78. The Kier molecular flexibility index (Phi) is 5.48. The van der Waals surface area contributed by atoms with Crippen LogP contribution in [0.3, 0.4) is 0 Å². The smallest absolute Gasteiger partial charge is 0.423 e. The van der Waals surface area contributed by atoms with Crippen LogP contribution in [0.25, 0.3) is 0 Å². The van der Waals surface area contributed by atoms with Gasteiger partial charge < -0.3 is 10.1 Å². The Bertz CT molecular complexity index is 791. The van der Waals surface area contributed by atoms with Crippen molar-refractivity contribution < 1.29 is 22.8 Å². The lowest BCUT2D eigenvalue weighted by Gasteiger charge is -2.30. The number of pyridine rings is 1. The molecule has 1 N–H and O–H groups in total. The van der Waals surface area contributed by atoms with Crippen molar-refractivity contribution >= 4 is 11.4 Å². The number of rotatable bonds is 5. The summed E-state index contributed by atoms with van der Waals surface area (Å²) in [5.74, 6) is 0.555. The van der Waals surface area contributed by atoms with E-state index in [1.54, 1.807) is 18.3 Å². The molecule has 1 aromatic heterocycles. The Labute approximate surface area is 153 Å². The van der Waals surface area contributed by atoms with Crippen LogP contribution in [0.15, 0.2) is 42.6 Å². The number of nitro groups is 1. The van der Waals surface area contributed by atoms with Gasteiger partial charge >= 0.3 is 6.18 Å². The molecule has 9 heteroatoms. The quantitative estimate of drug-likeness (QED) is 0.594. The van der Waals surface area contributed by atoms with Gasteiger partial charge in [-0.05, 0) is 43.9 Å². The van der Waals surface area contributed by atoms with Crippen LogP contribution < -0.4 is 10.1 Å². The minimum Gasteiger partial charge on any atom is -0.474 e. The van der Waals surface area contributed by atoms with Gasteiger partial charge in [0.1, 0.15) is 11.7 Å². The van der Waals surface area contributed by atoms with Crippen molar-refractivity contribution in [1.29, 1.82) is 0 Å². The van der Waals surface area contributed by atoms with Crippen molar-refractivity contribution in [2.75, 3.05) is 5.32 Å². The maximum atomic E-state index is 13.1. The van der Waals surface area contributed by atoms with E-state index in [4.69, 9.17) is 4.74 Å². The fourth-order valence-corrected chi connectivity index (χ4v) is 3.16. The third-order valence-corrected chi connectivity index (χ3v) is 4.47. The number of nitrogens with one attached hydrogen (secondary N) is 1. The number of anilines is 1. The molecule has 0 unspecified atom stereocenters. The molecule has 1 heterocycles. The first-order valence-corrected chi connectivity index (χ1v) is 8.53. The van der Waals surface area contributed by atoms with Gasteiger partial charge in [-0.2, -0.15) is 13.2 Å². The zero-order valence-corrected chi connectivity index (χ0v) is 14.3. The molecule has 0 spiro atoms. The van der Waals surface area contributed by atoms with Crippen LogP contribution in [-0.4, -0.2) is 22.1 Å². The van der Waals surface area contributed by atoms with Crippen LogP contribution in [0.2, 0.25) is 0 Å². The third-order valence-electron chi connectivity index (χ3n) is 4.47. The number of benzene rings is 1. The van der Waals surface area contributed by atoms with E-state index in [-0.39, 0.29) is 17.8 Å². The lowest BCUT2D eigenvalue weighted by atomic mass is 9.92. The van der Waals surface area contributed by atoms with E-state index in [1.165, 1.54) is 6.07 Å². The number of alkyl halides is 3. The summed E-state index contributed by atoms with van der Waals surface area (Å²) in [4.78, 5) is 13.9. The van der Waals surface area contributed by atoms with E-state index < -0.39 is 22.4 Å². The van der Waals surface area contributed by atoms with Crippen LogP contribution in [-0.2, 0) is 6.18 Å². The standard InChI is InChI=1S/C18H18F3N3O3/c19-18(20,21)15-11-13(6-9-16(15)24(25)26)23-12-4-7-14(8-5-12)27-17-3-1-2-10-22-17/h1-3,6,9-12,14,23H,4-5,7-8H2. The Balaban J connectivity index is 1.61. The molecule has 2 aromatic rings. The number of halogens is 3. The van der Waals surface area contributed by atoms with E-state index in [9.17, 15) is 23.3 Å². The summed E-state index contributed by atoms with van der Waals surface area (Å²) in [6, 6.07) is 8.39. The highest BCUT2D eigenvalue weighted by Crippen LogP contribution is 2.38. The van der Waals surface area contributed by atoms with Crippen molar-refractivity contribution in [3.05, 3.63) is 58.3 Å². The van der Waals surface area contributed by atoms with Crippen LogP contribution in [0.4, 0.5) is 24.5 Å². The Morgan fingerprint density at radius 2 is 1.89 bits per heavy atom. The number of aromatic nitrogens is 1. The second-order valence-corrected chi connectivity index (χ2v) is 6.39. The average molecular weight is 381 g/mol. The van der Waals surface area contributed by atoms with Gasteiger partial charge in [0.05, 0.1) is 4.92 Å². The Morgan fingerprint density at radius 1 is 1.15 bits per heavy atom. The molecule has 1 fully saturated rings.